The van der Waals surface area contributed by atoms with E-state index >= 15 is 0 Å². The summed E-state index contributed by atoms with van der Waals surface area (Å²) in [6.07, 6.45) is 4.18. The van der Waals surface area contributed by atoms with Crippen LogP contribution < -0.4 is 10.2 Å². The SMILES string of the molecule is CN(C)S(=O)(=O)c1ccc(N2CCC(CNC(=O)C3CC3)CC2)cc1. The molecule has 0 aromatic heterocycles. The van der Waals surface area contributed by atoms with Gasteiger partial charge in [0.25, 0.3) is 0 Å². The summed E-state index contributed by atoms with van der Waals surface area (Å²) in [5.41, 5.74) is 1.05. The lowest BCUT2D eigenvalue weighted by atomic mass is 9.96. The number of sulfonamides is 1. The third kappa shape index (κ3) is 4.33. The second-order valence-electron chi connectivity index (χ2n) is 7.23. The first-order valence-corrected chi connectivity index (χ1v) is 10.4. The zero-order valence-corrected chi connectivity index (χ0v) is 15.8. The van der Waals surface area contributed by atoms with Crippen LogP contribution in [0.1, 0.15) is 25.7 Å². The van der Waals surface area contributed by atoms with E-state index in [2.05, 4.69) is 10.2 Å². The Kier molecular flexibility index (Phi) is 5.34. The number of hydrogen-bond donors (Lipinski definition) is 1. The zero-order valence-electron chi connectivity index (χ0n) is 14.9. The van der Waals surface area contributed by atoms with Crippen LogP contribution in [-0.4, -0.2) is 52.4 Å². The van der Waals surface area contributed by atoms with Crippen LogP contribution in [0.2, 0.25) is 0 Å². The van der Waals surface area contributed by atoms with Crippen LogP contribution in [0, 0.1) is 11.8 Å². The van der Waals surface area contributed by atoms with Crippen LogP contribution in [-0.2, 0) is 14.8 Å². The highest BCUT2D eigenvalue weighted by atomic mass is 32.2. The topological polar surface area (TPSA) is 69.7 Å². The minimum atomic E-state index is -3.38. The van der Waals surface area contributed by atoms with Gasteiger partial charge >= 0.3 is 0 Å². The van der Waals surface area contributed by atoms with Crippen LogP contribution in [0.15, 0.2) is 29.2 Å². The highest BCUT2D eigenvalue weighted by molar-refractivity contribution is 7.89. The average molecular weight is 365 g/mol. The predicted molar refractivity (Wildman–Crippen MR) is 98.0 cm³/mol. The summed E-state index contributed by atoms with van der Waals surface area (Å²) in [5, 5.41) is 3.07. The second-order valence-corrected chi connectivity index (χ2v) is 9.38. The summed E-state index contributed by atoms with van der Waals surface area (Å²) < 4.78 is 25.5. The molecule has 7 heteroatoms. The molecule has 3 rings (SSSR count). The van der Waals surface area contributed by atoms with Crippen LogP contribution in [0.3, 0.4) is 0 Å². The highest BCUT2D eigenvalue weighted by Gasteiger charge is 2.30. The molecule has 138 valence electrons. The van der Waals surface area contributed by atoms with Crippen LogP contribution >= 0.6 is 0 Å². The number of carbonyl (C=O) groups is 1. The van der Waals surface area contributed by atoms with Crippen molar-refractivity contribution in [1.29, 1.82) is 0 Å². The van der Waals surface area contributed by atoms with Gasteiger partial charge in [0.15, 0.2) is 0 Å². The van der Waals surface area contributed by atoms with Crippen LogP contribution in [0.25, 0.3) is 0 Å². The molecule has 2 aliphatic rings. The smallest absolute Gasteiger partial charge is 0.242 e. The Morgan fingerprint density at radius 2 is 1.72 bits per heavy atom. The maximum atomic E-state index is 12.1. The van der Waals surface area contributed by atoms with E-state index in [4.69, 9.17) is 0 Å². The Balaban J connectivity index is 1.51. The Labute approximate surface area is 150 Å². The fourth-order valence-electron chi connectivity index (χ4n) is 3.17. The number of benzene rings is 1. The van der Waals surface area contributed by atoms with Crippen molar-refractivity contribution in [3.05, 3.63) is 24.3 Å². The van der Waals surface area contributed by atoms with Crippen molar-refractivity contribution in [2.45, 2.75) is 30.6 Å². The lowest BCUT2D eigenvalue weighted by molar-refractivity contribution is -0.122. The predicted octanol–water partition coefficient (Wildman–Crippen LogP) is 1.68. The molecule has 2 fully saturated rings. The second kappa shape index (κ2) is 7.33. The van der Waals surface area contributed by atoms with Crippen LogP contribution in [0.4, 0.5) is 5.69 Å². The van der Waals surface area contributed by atoms with E-state index in [0.717, 1.165) is 51.0 Å². The van der Waals surface area contributed by atoms with Gasteiger partial charge in [0, 0.05) is 45.3 Å². The number of carbonyl (C=O) groups excluding carboxylic acids is 1. The standard InChI is InChI=1S/C18H27N3O3S/c1-20(2)25(23,24)17-7-5-16(6-8-17)21-11-9-14(10-12-21)13-19-18(22)15-3-4-15/h5-8,14-15H,3-4,9-13H2,1-2H3,(H,19,22). The molecule has 1 aliphatic carbocycles. The third-order valence-electron chi connectivity index (χ3n) is 5.11. The third-order valence-corrected chi connectivity index (χ3v) is 6.94. The maximum Gasteiger partial charge on any atom is 0.242 e. The summed E-state index contributed by atoms with van der Waals surface area (Å²) in [6, 6.07) is 7.11. The zero-order chi connectivity index (χ0) is 18.0. The van der Waals surface area contributed by atoms with Gasteiger partial charge in [-0.15, -0.1) is 0 Å². The summed E-state index contributed by atoms with van der Waals surface area (Å²) in [4.78, 5) is 14.3. The molecule has 1 N–H and O–H groups in total. The Morgan fingerprint density at radius 1 is 1.12 bits per heavy atom. The van der Waals surface area contributed by atoms with Crippen molar-refractivity contribution in [3.8, 4) is 0 Å². The number of piperidine rings is 1. The van der Waals surface area contributed by atoms with Gasteiger partial charge in [0.2, 0.25) is 15.9 Å². The Morgan fingerprint density at radius 3 is 2.24 bits per heavy atom. The number of nitrogens with one attached hydrogen (secondary N) is 1. The number of hydrogen-bond acceptors (Lipinski definition) is 4. The Bertz CT molecular complexity index is 704. The van der Waals surface area contributed by atoms with E-state index in [1.807, 2.05) is 12.1 Å². The van der Waals surface area contributed by atoms with Crippen molar-refractivity contribution in [2.75, 3.05) is 38.6 Å². The molecule has 0 unspecified atom stereocenters. The van der Waals surface area contributed by atoms with E-state index in [9.17, 15) is 13.2 Å². The minimum Gasteiger partial charge on any atom is -0.372 e. The monoisotopic (exact) mass is 365 g/mol. The quantitative estimate of drug-likeness (QED) is 0.833. The minimum absolute atomic E-state index is 0.222. The molecule has 1 saturated carbocycles. The maximum absolute atomic E-state index is 12.1. The van der Waals surface area contributed by atoms with Crippen molar-refractivity contribution < 1.29 is 13.2 Å². The molecule has 1 aromatic carbocycles. The van der Waals surface area contributed by atoms with E-state index in [-0.39, 0.29) is 11.8 Å². The van der Waals surface area contributed by atoms with Gasteiger partial charge in [-0.2, -0.15) is 0 Å². The van der Waals surface area contributed by atoms with E-state index < -0.39 is 10.0 Å². The van der Waals surface area contributed by atoms with Gasteiger partial charge in [-0.05, 0) is 55.9 Å². The lowest BCUT2D eigenvalue weighted by Crippen LogP contribution is -2.39. The number of rotatable bonds is 6. The molecule has 1 saturated heterocycles. The molecule has 6 nitrogen and oxygen atoms in total. The highest BCUT2D eigenvalue weighted by Crippen LogP contribution is 2.29. The largest absolute Gasteiger partial charge is 0.372 e. The van der Waals surface area contributed by atoms with E-state index in [0.29, 0.717) is 10.8 Å². The van der Waals surface area contributed by atoms with E-state index in [1.54, 1.807) is 12.1 Å². The number of anilines is 1. The van der Waals surface area contributed by atoms with Gasteiger partial charge in [0.05, 0.1) is 4.90 Å². The van der Waals surface area contributed by atoms with Crippen molar-refractivity contribution in [2.24, 2.45) is 11.8 Å². The van der Waals surface area contributed by atoms with Gasteiger partial charge < -0.3 is 10.2 Å². The number of nitrogens with zero attached hydrogens (tertiary/aromatic N) is 2. The first-order chi connectivity index (χ1) is 11.9. The van der Waals surface area contributed by atoms with Gasteiger partial charge in [-0.3, -0.25) is 4.79 Å². The molecule has 0 radical (unpaired) electrons. The molecule has 25 heavy (non-hydrogen) atoms. The van der Waals surface area contributed by atoms with Crippen LogP contribution in [0.5, 0.6) is 0 Å². The first kappa shape index (κ1) is 18.2. The summed E-state index contributed by atoms with van der Waals surface area (Å²) >= 11 is 0. The molecule has 1 amide bonds. The van der Waals surface area contributed by atoms with Crippen molar-refractivity contribution >= 4 is 21.6 Å². The van der Waals surface area contributed by atoms with Gasteiger partial charge in [0.1, 0.15) is 0 Å². The van der Waals surface area contributed by atoms with Gasteiger partial charge in [-0.1, -0.05) is 0 Å². The number of amides is 1. The first-order valence-electron chi connectivity index (χ1n) is 8.93. The molecule has 0 atom stereocenters. The molecular formula is C18H27N3O3S. The fourth-order valence-corrected chi connectivity index (χ4v) is 4.07. The Hall–Kier alpha value is -1.60. The molecule has 1 aromatic rings. The summed E-state index contributed by atoms with van der Waals surface area (Å²) in [7, 11) is -0.301. The summed E-state index contributed by atoms with van der Waals surface area (Å²) in [5.74, 6) is 1.03. The lowest BCUT2D eigenvalue weighted by Gasteiger charge is -2.33. The molecule has 1 heterocycles. The molecule has 0 spiro atoms. The van der Waals surface area contributed by atoms with Crippen molar-refractivity contribution in [3.63, 3.8) is 0 Å². The average Bonchev–Trinajstić information content (AvgIpc) is 3.45. The fraction of sp³-hybridized carbons (Fsp3) is 0.611. The molecule has 0 bridgehead atoms. The van der Waals surface area contributed by atoms with E-state index in [1.165, 1.54) is 18.4 Å². The van der Waals surface area contributed by atoms with Crippen molar-refractivity contribution in [1.82, 2.24) is 9.62 Å². The van der Waals surface area contributed by atoms with Gasteiger partial charge in [-0.25, -0.2) is 12.7 Å². The normalized spacial score (nSPS) is 19.2. The molecule has 1 aliphatic heterocycles. The molecular weight excluding hydrogens is 338 g/mol. The summed E-state index contributed by atoms with van der Waals surface area (Å²) in [6.45, 7) is 2.65.